The van der Waals surface area contributed by atoms with Crippen LogP contribution in [0.15, 0.2) is 192 Å². The van der Waals surface area contributed by atoms with E-state index in [9.17, 15) is 0 Å². The summed E-state index contributed by atoms with van der Waals surface area (Å²) in [5.41, 5.74) is 12.2. The third kappa shape index (κ3) is 5.01. The monoisotopic (exact) mass is 669 g/mol. The molecule has 0 aliphatic carbocycles. The van der Waals surface area contributed by atoms with Crippen LogP contribution < -0.4 is 4.90 Å². The Hall–Kier alpha value is -6.42. The van der Waals surface area contributed by atoms with E-state index in [0.717, 1.165) is 39.0 Å². The second kappa shape index (κ2) is 12.2. The van der Waals surface area contributed by atoms with E-state index in [-0.39, 0.29) is 0 Å². The summed E-state index contributed by atoms with van der Waals surface area (Å²) in [7, 11) is 0. The first-order valence-electron chi connectivity index (χ1n) is 17.3. The normalized spacial score (nSPS) is 11.5. The van der Waals surface area contributed by atoms with E-state index in [1.54, 1.807) is 0 Å². The van der Waals surface area contributed by atoms with Crippen molar-refractivity contribution in [3.8, 4) is 33.4 Å². The van der Waals surface area contributed by atoms with Gasteiger partial charge in [-0.25, -0.2) is 0 Å². The van der Waals surface area contributed by atoms with Gasteiger partial charge in [-0.05, 0) is 76.3 Å². The lowest BCUT2D eigenvalue weighted by Crippen LogP contribution is -2.11. The maximum absolute atomic E-state index is 6.45. The Morgan fingerprint density at radius 2 is 0.922 bits per heavy atom. The molecule has 2 aromatic heterocycles. The molecule has 2 nitrogen and oxygen atoms in total. The predicted octanol–water partition coefficient (Wildman–Crippen LogP) is 14.4. The standard InChI is InChI=1S/C48H31NOS/c1-3-12-32(13-4-1)34-22-24-36(25-23-34)46-41(30-31-45-48(46)39-17-8-10-21-44(39)51-45)49(37-28-26-35(27-29-37)33-14-5-2-6-15-33)40-18-11-20-43-47(40)38-16-7-9-19-42(38)50-43/h1-31H. The molecule has 3 heteroatoms. The van der Waals surface area contributed by atoms with Gasteiger partial charge in [-0.3, -0.25) is 0 Å². The molecule has 51 heavy (non-hydrogen) atoms. The highest BCUT2D eigenvalue weighted by molar-refractivity contribution is 7.26. The molecule has 0 bridgehead atoms. The minimum Gasteiger partial charge on any atom is -0.456 e. The third-order valence-corrected chi connectivity index (χ3v) is 11.0. The molecular weight excluding hydrogens is 639 g/mol. The topological polar surface area (TPSA) is 16.4 Å². The molecule has 10 rings (SSSR count). The van der Waals surface area contributed by atoms with E-state index in [2.05, 4.69) is 187 Å². The summed E-state index contributed by atoms with van der Waals surface area (Å²) in [6, 6.07) is 67.4. The lowest BCUT2D eigenvalue weighted by molar-refractivity contribution is 0.669. The van der Waals surface area contributed by atoms with E-state index in [1.807, 2.05) is 17.4 Å². The molecule has 0 aliphatic heterocycles. The number of nitrogens with zero attached hydrogens (tertiary/aromatic N) is 1. The number of hydrogen-bond acceptors (Lipinski definition) is 3. The summed E-state index contributed by atoms with van der Waals surface area (Å²) in [5, 5.41) is 4.74. The molecule has 0 saturated heterocycles. The highest BCUT2D eigenvalue weighted by atomic mass is 32.1. The van der Waals surface area contributed by atoms with Crippen LogP contribution in [0.1, 0.15) is 0 Å². The summed E-state index contributed by atoms with van der Waals surface area (Å²) < 4.78 is 9.01. The molecule has 0 saturated carbocycles. The zero-order valence-corrected chi connectivity index (χ0v) is 28.5. The Bertz CT molecular complexity index is 2830. The first-order chi connectivity index (χ1) is 25.3. The summed E-state index contributed by atoms with van der Waals surface area (Å²) in [6.07, 6.45) is 0. The Morgan fingerprint density at radius 1 is 0.353 bits per heavy atom. The molecule has 0 N–H and O–H groups in total. The largest absolute Gasteiger partial charge is 0.456 e. The molecule has 2 heterocycles. The Labute approximate surface area is 300 Å². The van der Waals surface area contributed by atoms with Gasteiger partial charge in [0.05, 0.1) is 16.8 Å². The number of anilines is 3. The van der Waals surface area contributed by atoms with Gasteiger partial charge < -0.3 is 9.32 Å². The van der Waals surface area contributed by atoms with Gasteiger partial charge in [0.25, 0.3) is 0 Å². The molecule has 240 valence electrons. The van der Waals surface area contributed by atoms with Crippen LogP contribution in [0.5, 0.6) is 0 Å². The second-order valence-corrected chi connectivity index (χ2v) is 14.0. The van der Waals surface area contributed by atoms with Gasteiger partial charge in [0.2, 0.25) is 0 Å². The van der Waals surface area contributed by atoms with Crippen molar-refractivity contribution in [1.82, 2.24) is 0 Å². The van der Waals surface area contributed by atoms with Crippen LogP contribution >= 0.6 is 11.3 Å². The summed E-state index contributed by atoms with van der Waals surface area (Å²) >= 11 is 1.85. The molecular formula is C48H31NOS. The zero-order valence-electron chi connectivity index (χ0n) is 27.7. The molecule has 0 fully saturated rings. The Balaban J connectivity index is 1.27. The van der Waals surface area contributed by atoms with Crippen molar-refractivity contribution < 1.29 is 4.42 Å². The van der Waals surface area contributed by atoms with Crippen LogP contribution in [0.3, 0.4) is 0 Å². The first kappa shape index (κ1) is 29.5. The first-order valence-corrected chi connectivity index (χ1v) is 18.1. The van der Waals surface area contributed by atoms with Gasteiger partial charge in [-0.1, -0.05) is 140 Å². The molecule has 0 radical (unpaired) electrons. The van der Waals surface area contributed by atoms with Crippen molar-refractivity contribution in [2.24, 2.45) is 0 Å². The summed E-state index contributed by atoms with van der Waals surface area (Å²) in [4.78, 5) is 2.44. The highest BCUT2D eigenvalue weighted by Gasteiger charge is 2.24. The fraction of sp³-hybridized carbons (Fsp3) is 0. The lowest BCUT2D eigenvalue weighted by atomic mass is 9.94. The number of fused-ring (bicyclic) bond motifs is 6. The summed E-state index contributed by atoms with van der Waals surface area (Å²) in [6.45, 7) is 0. The number of rotatable bonds is 6. The number of para-hydroxylation sites is 1. The summed E-state index contributed by atoms with van der Waals surface area (Å²) in [5.74, 6) is 0. The van der Waals surface area contributed by atoms with Crippen molar-refractivity contribution in [1.29, 1.82) is 0 Å². The zero-order chi connectivity index (χ0) is 33.7. The number of benzene rings is 8. The van der Waals surface area contributed by atoms with Crippen LogP contribution in [-0.2, 0) is 0 Å². The van der Waals surface area contributed by atoms with E-state index in [4.69, 9.17) is 4.42 Å². The molecule has 0 atom stereocenters. The van der Waals surface area contributed by atoms with Crippen molar-refractivity contribution in [2.45, 2.75) is 0 Å². The van der Waals surface area contributed by atoms with E-state index < -0.39 is 0 Å². The van der Waals surface area contributed by atoms with Gasteiger partial charge in [0.15, 0.2) is 0 Å². The van der Waals surface area contributed by atoms with E-state index in [0.29, 0.717) is 0 Å². The highest BCUT2D eigenvalue weighted by Crippen LogP contribution is 2.50. The van der Waals surface area contributed by atoms with E-state index >= 15 is 0 Å². The quantitative estimate of drug-likeness (QED) is 0.175. The van der Waals surface area contributed by atoms with Gasteiger partial charge >= 0.3 is 0 Å². The molecule has 0 spiro atoms. The van der Waals surface area contributed by atoms with Gasteiger partial charge in [-0.2, -0.15) is 0 Å². The second-order valence-electron chi connectivity index (χ2n) is 12.9. The van der Waals surface area contributed by atoms with Crippen molar-refractivity contribution in [3.05, 3.63) is 188 Å². The number of thiophene rings is 1. The minimum absolute atomic E-state index is 0.871. The van der Waals surface area contributed by atoms with Crippen LogP contribution in [-0.4, -0.2) is 0 Å². The predicted molar refractivity (Wildman–Crippen MR) is 218 cm³/mol. The van der Waals surface area contributed by atoms with Crippen LogP contribution in [0, 0.1) is 0 Å². The maximum atomic E-state index is 6.45. The molecule has 8 aromatic carbocycles. The molecule has 0 unspecified atom stereocenters. The van der Waals surface area contributed by atoms with E-state index in [1.165, 1.54) is 53.6 Å². The minimum atomic E-state index is 0.871. The lowest BCUT2D eigenvalue weighted by Gasteiger charge is -2.29. The average molecular weight is 670 g/mol. The van der Waals surface area contributed by atoms with Gasteiger partial charge in [-0.15, -0.1) is 11.3 Å². The van der Waals surface area contributed by atoms with Gasteiger partial charge in [0, 0.05) is 36.8 Å². The molecule has 10 aromatic rings. The third-order valence-electron chi connectivity index (χ3n) is 9.90. The van der Waals surface area contributed by atoms with Crippen LogP contribution in [0.4, 0.5) is 17.1 Å². The van der Waals surface area contributed by atoms with Crippen molar-refractivity contribution in [3.63, 3.8) is 0 Å². The van der Waals surface area contributed by atoms with Crippen LogP contribution in [0.25, 0.3) is 75.5 Å². The number of hydrogen-bond donors (Lipinski definition) is 0. The Kier molecular flexibility index (Phi) is 7.04. The fourth-order valence-corrected chi connectivity index (χ4v) is 8.64. The van der Waals surface area contributed by atoms with Crippen LogP contribution in [0.2, 0.25) is 0 Å². The fourth-order valence-electron chi connectivity index (χ4n) is 7.53. The number of furan rings is 1. The maximum Gasteiger partial charge on any atom is 0.137 e. The molecule has 0 aliphatic rings. The average Bonchev–Trinajstić information content (AvgIpc) is 3.78. The van der Waals surface area contributed by atoms with Gasteiger partial charge in [0.1, 0.15) is 11.2 Å². The smallest absolute Gasteiger partial charge is 0.137 e. The Morgan fingerprint density at radius 3 is 1.65 bits per heavy atom. The van der Waals surface area contributed by atoms with Crippen molar-refractivity contribution >= 4 is 70.5 Å². The molecule has 0 amide bonds. The SMILES string of the molecule is c1ccc(-c2ccc(-c3c(N(c4ccc(-c5ccccc5)cc4)c4cccc5oc6ccccc6c45)ccc4sc5ccccc5c34)cc2)cc1. The van der Waals surface area contributed by atoms with Crippen molar-refractivity contribution in [2.75, 3.05) is 4.90 Å².